The predicted octanol–water partition coefficient (Wildman–Crippen LogP) is 1.22. The molecule has 0 atom stereocenters. The van der Waals surface area contributed by atoms with Gasteiger partial charge in [-0.25, -0.2) is 4.68 Å². The molecule has 0 fully saturated rings. The van der Waals surface area contributed by atoms with E-state index in [0.717, 1.165) is 4.68 Å². The third-order valence-electron chi connectivity index (χ3n) is 2.13. The summed E-state index contributed by atoms with van der Waals surface area (Å²) < 4.78 is 66.8. The molecule has 2 aromatic rings. The lowest BCUT2D eigenvalue weighted by atomic mass is 10.3. The molecule has 0 aliphatic carbocycles. The Balaban J connectivity index is 2.18. The van der Waals surface area contributed by atoms with Crippen LogP contribution in [0.15, 0.2) is 18.5 Å². The molecule has 0 radical (unpaired) electrons. The Hall–Kier alpha value is -2.53. The SMILES string of the molecule is Nc1nc(OCC(F)(F)C(F)(F)F)nc(-n2cccn2)n1. The van der Waals surface area contributed by atoms with E-state index in [1.807, 2.05) is 0 Å². The summed E-state index contributed by atoms with van der Waals surface area (Å²) in [5, 5.41) is 3.74. The van der Waals surface area contributed by atoms with Crippen molar-refractivity contribution in [3.05, 3.63) is 18.5 Å². The summed E-state index contributed by atoms with van der Waals surface area (Å²) in [5.74, 6) is -5.64. The van der Waals surface area contributed by atoms with E-state index >= 15 is 0 Å². The molecule has 0 saturated heterocycles. The van der Waals surface area contributed by atoms with Crippen molar-refractivity contribution in [3.63, 3.8) is 0 Å². The van der Waals surface area contributed by atoms with Crippen LogP contribution in [0.5, 0.6) is 6.01 Å². The highest BCUT2D eigenvalue weighted by atomic mass is 19.4. The van der Waals surface area contributed by atoms with Crippen LogP contribution in [0.1, 0.15) is 0 Å². The maximum Gasteiger partial charge on any atom is 0.456 e. The highest BCUT2D eigenvalue weighted by Crippen LogP contribution is 2.35. The second-order valence-corrected chi connectivity index (χ2v) is 3.72. The molecule has 7 nitrogen and oxygen atoms in total. The van der Waals surface area contributed by atoms with Crippen LogP contribution < -0.4 is 10.5 Å². The summed E-state index contributed by atoms with van der Waals surface area (Å²) in [4.78, 5) is 10.5. The number of nitrogen functional groups attached to an aromatic ring is 1. The summed E-state index contributed by atoms with van der Waals surface area (Å²) in [5.41, 5.74) is 5.30. The minimum absolute atomic E-state index is 0.183. The van der Waals surface area contributed by atoms with Crippen LogP contribution in [0, 0.1) is 0 Å². The smallest absolute Gasteiger partial charge is 0.456 e. The van der Waals surface area contributed by atoms with Crippen molar-refractivity contribution < 1.29 is 26.7 Å². The van der Waals surface area contributed by atoms with Gasteiger partial charge in [0.05, 0.1) is 0 Å². The van der Waals surface area contributed by atoms with E-state index in [1.54, 1.807) is 0 Å². The standard InChI is InChI=1S/C9H7F5N6O/c10-8(11,9(12,13)14)4-21-7-18-5(15)17-6(19-7)20-3-1-2-16-20/h1-3H,4H2,(H2,15,17,18,19). The summed E-state index contributed by atoms with van der Waals surface area (Å²) >= 11 is 0. The van der Waals surface area contributed by atoms with E-state index in [9.17, 15) is 22.0 Å². The number of aromatic nitrogens is 5. The lowest BCUT2D eigenvalue weighted by Crippen LogP contribution is -2.42. The number of hydrogen-bond acceptors (Lipinski definition) is 6. The molecule has 0 aliphatic rings. The zero-order valence-electron chi connectivity index (χ0n) is 10.1. The number of anilines is 1. The fraction of sp³-hybridized carbons (Fsp3) is 0.333. The molecule has 0 unspecified atom stereocenters. The molecule has 12 heteroatoms. The van der Waals surface area contributed by atoms with Crippen LogP contribution in [0.3, 0.4) is 0 Å². The first-order valence-electron chi connectivity index (χ1n) is 5.28. The van der Waals surface area contributed by atoms with E-state index in [4.69, 9.17) is 5.73 Å². The first-order valence-corrected chi connectivity index (χ1v) is 5.28. The van der Waals surface area contributed by atoms with Crippen molar-refractivity contribution in [1.82, 2.24) is 24.7 Å². The van der Waals surface area contributed by atoms with Crippen LogP contribution in [-0.2, 0) is 0 Å². The number of hydrogen-bond donors (Lipinski definition) is 1. The molecule has 2 aromatic heterocycles. The molecule has 0 aliphatic heterocycles. The molecular formula is C9H7F5N6O. The van der Waals surface area contributed by atoms with Crippen LogP contribution >= 0.6 is 0 Å². The van der Waals surface area contributed by atoms with E-state index in [2.05, 4.69) is 24.8 Å². The molecule has 21 heavy (non-hydrogen) atoms. The van der Waals surface area contributed by atoms with E-state index in [0.29, 0.717) is 0 Å². The highest BCUT2D eigenvalue weighted by Gasteiger charge is 2.58. The Labute approximate surface area is 113 Å². The molecule has 2 rings (SSSR count). The number of alkyl halides is 5. The van der Waals surface area contributed by atoms with Crippen LogP contribution in [-0.4, -0.2) is 43.4 Å². The quantitative estimate of drug-likeness (QED) is 0.854. The minimum Gasteiger partial charge on any atom is -0.456 e. The first-order chi connectivity index (χ1) is 9.69. The van der Waals surface area contributed by atoms with E-state index in [-0.39, 0.29) is 5.95 Å². The van der Waals surface area contributed by atoms with Gasteiger partial charge in [-0.1, -0.05) is 0 Å². The van der Waals surface area contributed by atoms with Gasteiger partial charge in [0.1, 0.15) is 0 Å². The highest BCUT2D eigenvalue weighted by molar-refractivity contribution is 5.24. The molecule has 0 aromatic carbocycles. The van der Waals surface area contributed by atoms with Crippen LogP contribution in [0.4, 0.5) is 27.9 Å². The maximum atomic E-state index is 12.7. The molecular weight excluding hydrogens is 303 g/mol. The first kappa shape index (κ1) is 14.9. The number of ether oxygens (including phenoxy) is 1. The van der Waals surface area contributed by atoms with E-state index in [1.165, 1.54) is 18.5 Å². The third kappa shape index (κ3) is 3.32. The summed E-state index contributed by atoms with van der Waals surface area (Å²) in [6, 6.07) is 0.745. The van der Waals surface area contributed by atoms with Crippen molar-refractivity contribution in [2.45, 2.75) is 12.1 Å². The van der Waals surface area contributed by atoms with Gasteiger partial charge in [0, 0.05) is 12.4 Å². The van der Waals surface area contributed by atoms with Crippen molar-refractivity contribution in [2.75, 3.05) is 12.3 Å². The summed E-state index contributed by atoms with van der Waals surface area (Å²) in [6.07, 6.45) is -2.96. The Morgan fingerprint density at radius 2 is 1.86 bits per heavy atom. The van der Waals surface area contributed by atoms with Gasteiger partial charge in [0.2, 0.25) is 5.95 Å². The average Bonchev–Trinajstić information content (AvgIpc) is 2.88. The molecule has 0 saturated carbocycles. The van der Waals surface area contributed by atoms with Crippen LogP contribution in [0.25, 0.3) is 5.95 Å². The van der Waals surface area contributed by atoms with Gasteiger partial charge >= 0.3 is 18.1 Å². The zero-order chi connectivity index (χ0) is 15.7. The monoisotopic (exact) mass is 310 g/mol. The normalized spacial score (nSPS) is 12.4. The number of rotatable bonds is 4. The van der Waals surface area contributed by atoms with Crippen molar-refractivity contribution in [3.8, 4) is 12.0 Å². The summed E-state index contributed by atoms with van der Waals surface area (Å²) in [6.45, 7) is -1.97. The second kappa shape index (κ2) is 5.10. The topological polar surface area (TPSA) is 91.7 Å². The fourth-order valence-corrected chi connectivity index (χ4v) is 1.15. The molecule has 0 amide bonds. The van der Waals surface area contributed by atoms with Gasteiger partial charge in [-0.05, 0) is 6.07 Å². The van der Waals surface area contributed by atoms with Gasteiger partial charge in [0.25, 0.3) is 5.95 Å². The zero-order valence-corrected chi connectivity index (χ0v) is 10.1. The molecule has 114 valence electrons. The van der Waals surface area contributed by atoms with Gasteiger partial charge in [-0.3, -0.25) is 0 Å². The van der Waals surface area contributed by atoms with Gasteiger partial charge in [-0.2, -0.15) is 42.0 Å². The Morgan fingerprint density at radius 3 is 2.43 bits per heavy atom. The Morgan fingerprint density at radius 1 is 1.14 bits per heavy atom. The molecule has 0 spiro atoms. The maximum absolute atomic E-state index is 12.7. The number of nitrogens with two attached hydrogens (primary N) is 1. The van der Waals surface area contributed by atoms with E-state index < -0.39 is 30.7 Å². The fourth-order valence-electron chi connectivity index (χ4n) is 1.15. The van der Waals surface area contributed by atoms with Gasteiger partial charge in [-0.15, -0.1) is 0 Å². The Kier molecular flexibility index (Phi) is 3.61. The number of nitrogens with zero attached hydrogens (tertiary/aromatic N) is 5. The molecule has 2 N–H and O–H groups in total. The molecule has 2 heterocycles. The third-order valence-corrected chi connectivity index (χ3v) is 2.13. The Bertz CT molecular complexity index is 614. The largest absolute Gasteiger partial charge is 0.456 e. The summed E-state index contributed by atoms with van der Waals surface area (Å²) in [7, 11) is 0. The number of halogens is 5. The minimum atomic E-state index is -5.74. The second-order valence-electron chi connectivity index (χ2n) is 3.72. The van der Waals surface area contributed by atoms with Crippen molar-refractivity contribution >= 4 is 5.95 Å². The van der Waals surface area contributed by atoms with Gasteiger partial charge in [0.15, 0.2) is 6.61 Å². The average molecular weight is 310 g/mol. The predicted molar refractivity (Wildman–Crippen MR) is 57.9 cm³/mol. The lowest BCUT2D eigenvalue weighted by molar-refractivity contribution is -0.290. The van der Waals surface area contributed by atoms with Gasteiger partial charge < -0.3 is 10.5 Å². The van der Waals surface area contributed by atoms with Crippen molar-refractivity contribution in [1.29, 1.82) is 0 Å². The van der Waals surface area contributed by atoms with Crippen molar-refractivity contribution in [2.24, 2.45) is 0 Å². The van der Waals surface area contributed by atoms with Crippen LogP contribution in [0.2, 0.25) is 0 Å². The lowest BCUT2D eigenvalue weighted by Gasteiger charge is -2.19. The molecule has 0 bridgehead atoms.